The van der Waals surface area contributed by atoms with Gasteiger partial charge in [-0.3, -0.25) is 9.59 Å². The minimum absolute atomic E-state index is 0.133. The van der Waals surface area contributed by atoms with Gasteiger partial charge in [0.05, 0.1) is 13.2 Å². The van der Waals surface area contributed by atoms with Crippen LogP contribution in [0.4, 0.5) is 0 Å². The second kappa shape index (κ2) is 3.72. The molecule has 4 rings (SSSR count). The van der Waals surface area contributed by atoms with Crippen LogP contribution >= 0.6 is 0 Å². The third-order valence-electron chi connectivity index (χ3n) is 3.67. The van der Waals surface area contributed by atoms with E-state index in [1.54, 1.807) is 17.3 Å². The maximum Gasteiger partial charge on any atom is 0.251 e. The highest BCUT2D eigenvalue weighted by Crippen LogP contribution is 2.31. The molecule has 0 radical (unpaired) electrons. The number of nitrogens with zero attached hydrogens (tertiary/aromatic N) is 2. The maximum absolute atomic E-state index is 12.1. The Hall–Kier alpha value is -2.05. The van der Waals surface area contributed by atoms with E-state index < -0.39 is 11.6 Å². The number of nitrogens with one attached hydrogen (secondary N) is 1. The van der Waals surface area contributed by atoms with Crippen LogP contribution in [0, 0.1) is 0 Å². The van der Waals surface area contributed by atoms with Crippen molar-refractivity contribution < 1.29 is 14.3 Å². The fraction of sp³-hybridized carbons (Fsp3) is 0.308. The largest absolute Gasteiger partial charge is 0.377 e. The average Bonchev–Trinajstić information content (AvgIpc) is 2.79. The lowest BCUT2D eigenvalue weighted by Gasteiger charge is -2.33. The molecule has 1 unspecified atom stereocenters. The highest BCUT2D eigenvalue weighted by molar-refractivity contribution is 6.70. The number of hydrogen-bond acceptors (Lipinski definition) is 6. The van der Waals surface area contributed by atoms with E-state index in [0.717, 1.165) is 5.56 Å². The van der Waals surface area contributed by atoms with Crippen molar-refractivity contribution in [2.45, 2.75) is 12.1 Å². The van der Waals surface area contributed by atoms with Gasteiger partial charge in [-0.05, 0) is 5.56 Å². The Morgan fingerprint density at radius 3 is 2.74 bits per heavy atom. The Kier molecular flexibility index (Phi) is 2.12. The zero-order valence-electron chi connectivity index (χ0n) is 10.00. The lowest BCUT2D eigenvalue weighted by atomic mass is 9.85. The average molecular weight is 257 g/mol. The fourth-order valence-corrected chi connectivity index (χ4v) is 2.54. The van der Waals surface area contributed by atoms with Gasteiger partial charge < -0.3 is 4.74 Å². The second-order valence-electron chi connectivity index (χ2n) is 4.83. The smallest absolute Gasteiger partial charge is 0.251 e. The first kappa shape index (κ1) is 10.8. The summed E-state index contributed by atoms with van der Waals surface area (Å²) in [6.45, 7) is 1.17. The van der Waals surface area contributed by atoms with Gasteiger partial charge >= 0.3 is 0 Å². The molecule has 6 heteroatoms. The summed E-state index contributed by atoms with van der Waals surface area (Å²) in [5.41, 5.74) is 4.75. The number of fused-ring (bicyclic) bond motifs is 3. The van der Waals surface area contributed by atoms with Gasteiger partial charge in [0, 0.05) is 5.56 Å². The fourth-order valence-electron chi connectivity index (χ4n) is 2.54. The van der Waals surface area contributed by atoms with Gasteiger partial charge in [0.2, 0.25) is 5.78 Å². The van der Waals surface area contributed by atoms with Crippen LogP contribution in [-0.4, -0.2) is 41.7 Å². The monoisotopic (exact) mass is 257 g/mol. The number of Topliss-reactive ketones (excluding diaryl/α,β-unsaturated/α-hetero) is 2. The quantitative estimate of drug-likeness (QED) is 0.721. The minimum atomic E-state index is -0.515. The van der Waals surface area contributed by atoms with E-state index in [4.69, 9.17) is 4.74 Å². The molecular weight excluding hydrogens is 246 g/mol. The Bertz CT molecular complexity index is 621. The number of hydrazine groups is 1. The van der Waals surface area contributed by atoms with Crippen molar-refractivity contribution in [3.63, 3.8) is 0 Å². The van der Waals surface area contributed by atoms with Gasteiger partial charge in [-0.15, -0.1) is 0 Å². The number of hydrogen-bond donors (Lipinski definition) is 1. The maximum atomic E-state index is 12.1. The van der Waals surface area contributed by atoms with E-state index in [2.05, 4.69) is 10.5 Å². The summed E-state index contributed by atoms with van der Waals surface area (Å²) in [7, 11) is 0. The molecule has 1 N–H and O–H groups in total. The van der Waals surface area contributed by atoms with Crippen molar-refractivity contribution in [2.75, 3.05) is 13.2 Å². The molecule has 1 aromatic carbocycles. The minimum Gasteiger partial charge on any atom is -0.377 e. The summed E-state index contributed by atoms with van der Waals surface area (Å²) in [5, 5.41) is 5.90. The van der Waals surface area contributed by atoms with E-state index in [1.165, 1.54) is 0 Å². The molecule has 1 atom stereocenters. The first-order valence-electron chi connectivity index (χ1n) is 6.15. The van der Waals surface area contributed by atoms with Gasteiger partial charge in [-0.1, -0.05) is 24.3 Å². The highest BCUT2D eigenvalue weighted by atomic mass is 16.5. The van der Waals surface area contributed by atoms with Gasteiger partial charge in [0.15, 0.2) is 0 Å². The molecule has 19 heavy (non-hydrogen) atoms. The van der Waals surface area contributed by atoms with E-state index in [9.17, 15) is 9.59 Å². The molecule has 0 amide bonds. The molecule has 96 valence electrons. The highest BCUT2D eigenvalue weighted by Gasteiger charge is 2.44. The summed E-state index contributed by atoms with van der Waals surface area (Å²) in [4.78, 5) is 24.1. The van der Waals surface area contributed by atoms with Crippen molar-refractivity contribution in [3.05, 3.63) is 35.4 Å². The first-order chi connectivity index (χ1) is 9.25. The zero-order valence-corrected chi connectivity index (χ0v) is 10.00. The summed E-state index contributed by atoms with van der Waals surface area (Å²) in [6, 6.07) is 6.97. The third kappa shape index (κ3) is 1.41. The van der Waals surface area contributed by atoms with Gasteiger partial charge in [0.25, 0.3) is 5.78 Å². The predicted octanol–water partition coefficient (Wildman–Crippen LogP) is 0.0681. The number of benzene rings is 1. The normalized spacial score (nSPS) is 25.8. The van der Waals surface area contributed by atoms with Gasteiger partial charge in [0.1, 0.15) is 17.8 Å². The van der Waals surface area contributed by atoms with E-state index in [0.29, 0.717) is 18.8 Å². The summed E-state index contributed by atoms with van der Waals surface area (Å²) < 4.78 is 5.12. The van der Waals surface area contributed by atoms with E-state index in [1.807, 2.05) is 12.1 Å². The number of carbonyl (C=O) groups excluding carboxylic acids is 2. The van der Waals surface area contributed by atoms with E-state index in [-0.39, 0.29) is 17.8 Å². The lowest BCUT2D eigenvalue weighted by molar-refractivity contribution is -0.109. The zero-order chi connectivity index (χ0) is 13.0. The standard InChI is InChI=1S/C13H11N3O3/c17-12-9-4-2-1-3-8(9)10-11(13(12)18)15-16(14-10)7-5-19-6-7/h1-4,7,10,14H,5-6H2. The predicted molar refractivity (Wildman–Crippen MR) is 65.5 cm³/mol. The summed E-state index contributed by atoms with van der Waals surface area (Å²) >= 11 is 0. The third-order valence-corrected chi connectivity index (χ3v) is 3.67. The van der Waals surface area contributed by atoms with Crippen molar-refractivity contribution in [1.82, 2.24) is 10.5 Å². The molecule has 0 aromatic heterocycles. The molecule has 6 nitrogen and oxygen atoms in total. The molecule has 1 fully saturated rings. The van der Waals surface area contributed by atoms with Crippen LogP contribution in [0.2, 0.25) is 0 Å². The molecule has 2 heterocycles. The van der Waals surface area contributed by atoms with Crippen LogP contribution in [0.1, 0.15) is 22.0 Å². The topological polar surface area (TPSA) is 71.0 Å². The number of carbonyl (C=O) groups is 2. The summed E-state index contributed by atoms with van der Waals surface area (Å²) in [5.74, 6) is -0.988. The van der Waals surface area contributed by atoms with Gasteiger partial charge in [-0.2, -0.15) is 5.10 Å². The van der Waals surface area contributed by atoms with Gasteiger partial charge in [-0.25, -0.2) is 10.5 Å². The number of rotatable bonds is 1. The van der Waals surface area contributed by atoms with E-state index >= 15 is 0 Å². The molecule has 1 aliphatic carbocycles. The van der Waals surface area contributed by atoms with Crippen molar-refractivity contribution in [1.29, 1.82) is 0 Å². The number of ether oxygens (including phenoxy) is 1. The lowest BCUT2D eigenvalue weighted by Crippen LogP contribution is -2.51. The van der Waals surface area contributed by atoms with Crippen molar-refractivity contribution in [3.8, 4) is 0 Å². The van der Waals surface area contributed by atoms with Crippen LogP contribution in [0.25, 0.3) is 0 Å². The molecule has 1 aromatic rings. The van der Waals surface area contributed by atoms with Crippen LogP contribution < -0.4 is 5.43 Å². The van der Waals surface area contributed by atoms with Crippen LogP contribution in [0.5, 0.6) is 0 Å². The van der Waals surface area contributed by atoms with Crippen molar-refractivity contribution >= 4 is 17.3 Å². The van der Waals surface area contributed by atoms with Crippen LogP contribution in [0.3, 0.4) is 0 Å². The molecule has 1 saturated heterocycles. The SMILES string of the molecule is O=C1C(=O)c2ccccc2C2NN(C3COC3)N=C12. The molecule has 0 spiro atoms. The second-order valence-corrected chi connectivity index (χ2v) is 4.83. The Balaban J connectivity index is 1.78. The molecule has 3 aliphatic rings. The Morgan fingerprint density at radius 2 is 2.00 bits per heavy atom. The number of ketones is 2. The number of hydrazone groups is 1. The van der Waals surface area contributed by atoms with Crippen LogP contribution in [-0.2, 0) is 9.53 Å². The molecular formula is C13H11N3O3. The Labute approximate surface area is 109 Å². The molecule has 2 aliphatic heterocycles. The first-order valence-corrected chi connectivity index (χ1v) is 6.15. The summed E-state index contributed by atoms with van der Waals surface area (Å²) in [6.07, 6.45) is 0. The molecule has 0 saturated carbocycles. The Morgan fingerprint density at radius 1 is 1.21 bits per heavy atom. The van der Waals surface area contributed by atoms with Crippen molar-refractivity contribution in [2.24, 2.45) is 5.10 Å². The van der Waals surface area contributed by atoms with Crippen LogP contribution in [0.15, 0.2) is 29.4 Å². The molecule has 0 bridgehead atoms.